The van der Waals surface area contributed by atoms with Gasteiger partial charge in [-0.25, -0.2) is 9.80 Å². The van der Waals surface area contributed by atoms with E-state index < -0.39 is 28.6 Å². The van der Waals surface area contributed by atoms with E-state index in [9.17, 15) is 19.2 Å². The Balaban J connectivity index is 2.27. The van der Waals surface area contributed by atoms with Crippen LogP contribution in [0, 0.1) is 0 Å². The number of nitrogens with one attached hydrogen (secondary N) is 1. The van der Waals surface area contributed by atoms with Crippen molar-refractivity contribution in [2.75, 3.05) is 32.4 Å². The molecule has 13 heteroatoms. The molecule has 234 valence electrons. The summed E-state index contributed by atoms with van der Waals surface area (Å²) in [5.41, 5.74) is -1.85. The molecule has 2 heterocycles. The van der Waals surface area contributed by atoms with Crippen LogP contribution in [-0.2, 0) is 23.9 Å². The standard InChI is InChI=1S/C30H41N5O8/c1-19(2)43-32-20(3)23-17-34(29(39)35(27(23)37)33(7)28(38)26(36)31-30(4,5)6)18-25(42-21-13-15-41-16-14-21)22-11-9-10-12-24(22)40-8/h9-12,17-19,21H,13-16H2,1-8H3,(H,31,36)/b25-18-,32-20+. The lowest BCUT2D eigenvalue weighted by Crippen LogP contribution is -2.58. The van der Waals surface area contributed by atoms with Crippen molar-refractivity contribution in [1.82, 2.24) is 14.6 Å². The number of carbonyl (C=O) groups excluding carboxylic acids is 2. The summed E-state index contributed by atoms with van der Waals surface area (Å²) in [5, 5.41) is 7.26. The van der Waals surface area contributed by atoms with Gasteiger partial charge in [0, 0.05) is 31.6 Å². The third-order valence-electron chi connectivity index (χ3n) is 6.25. The molecular weight excluding hydrogens is 558 g/mol. The number of hydrogen-bond acceptors (Lipinski definition) is 9. The number of likely N-dealkylation sites (N-methyl/N-ethyl adjacent to an activating group) is 1. The van der Waals surface area contributed by atoms with Crippen LogP contribution < -0.4 is 26.3 Å². The van der Waals surface area contributed by atoms with E-state index >= 15 is 0 Å². The molecule has 0 radical (unpaired) electrons. The first-order valence-electron chi connectivity index (χ1n) is 14.0. The fraction of sp³-hybridized carbons (Fsp3) is 0.500. The maximum atomic E-state index is 13.9. The Morgan fingerprint density at radius 3 is 2.40 bits per heavy atom. The van der Waals surface area contributed by atoms with E-state index in [1.165, 1.54) is 33.5 Å². The molecule has 1 saturated heterocycles. The lowest BCUT2D eigenvalue weighted by molar-refractivity contribution is -0.139. The number of oxime groups is 1. The van der Waals surface area contributed by atoms with E-state index in [1.54, 1.807) is 58.9 Å². The maximum Gasteiger partial charge on any atom is 0.354 e. The molecule has 0 aliphatic carbocycles. The van der Waals surface area contributed by atoms with Gasteiger partial charge >= 0.3 is 17.5 Å². The SMILES string of the molecule is COc1ccccc1/C(=C/n1cc(/C(C)=N/OC(C)C)c(=O)n(N(C)C(=O)C(=O)NC(C)(C)C)c1=O)OC1CCOCC1. The van der Waals surface area contributed by atoms with Gasteiger partial charge in [0.1, 0.15) is 23.7 Å². The van der Waals surface area contributed by atoms with Crippen LogP contribution in [0.25, 0.3) is 12.0 Å². The number of carbonyl (C=O) groups is 2. The summed E-state index contributed by atoms with van der Waals surface area (Å²) in [4.78, 5) is 58.7. The lowest BCUT2D eigenvalue weighted by atomic mass is 10.1. The van der Waals surface area contributed by atoms with Crippen molar-refractivity contribution in [3.05, 3.63) is 62.4 Å². The highest BCUT2D eigenvalue weighted by atomic mass is 16.6. The van der Waals surface area contributed by atoms with Crippen molar-refractivity contribution in [2.24, 2.45) is 5.16 Å². The Morgan fingerprint density at radius 1 is 1.14 bits per heavy atom. The van der Waals surface area contributed by atoms with E-state index in [-0.39, 0.29) is 29.2 Å². The minimum atomic E-state index is -1.11. The van der Waals surface area contributed by atoms with Gasteiger partial charge in [0.15, 0.2) is 0 Å². The molecule has 13 nitrogen and oxygen atoms in total. The topological polar surface area (TPSA) is 143 Å². The van der Waals surface area contributed by atoms with Crippen LogP contribution in [0.15, 0.2) is 45.2 Å². The molecule has 0 atom stereocenters. The molecule has 1 aromatic carbocycles. The maximum absolute atomic E-state index is 13.9. The van der Waals surface area contributed by atoms with Crippen LogP contribution in [0.3, 0.4) is 0 Å². The number of methoxy groups -OCH3 is 1. The summed E-state index contributed by atoms with van der Waals surface area (Å²) >= 11 is 0. The smallest absolute Gasteiger partial charge is 0.354 e. The van der Waals surface area contributed by atoms with Gasteiger partial charge in [-0.05, 0) is 53.7 Å². The van der Waals surface area contributed by atoms with Gasteiger partial charge in [-0.15, -0.1) is 0 Å². The molecule has 1 aliphatic heterocycles. The molecule has 1 aromatic heterocycles. The Labute approximate surface area is 250 Å². The predicted octanol–water partition coefficient (Wildman–Crippen LogP) is 2.33. The average molecular weight is 600 g/mol. The summed E-state index contributed by atoms with van der Waals surface area (Å²) in [5.74, 6) is -1.31. The first-order valence-corrected chi connectivity index (χ1v) is 14.0. The highest BCUT2D eigenvalue weighted by molar-refractivity contribution is 6.38. The van der Waals surface area contributed by atoms with Crippen molar-refractivity contribution in [2.45, 2.75) is 72.1 Å². The largest absolute Gasteiger partial charge is 0.496 e. The van der Waals surface area contributed by atoms with Crippen molar-refractivity contribution in [3.63, 3.8) is 0 Å². The molecule has 0 unspecified atom stereocenters. The van der Waals surface area contributed by atoms with Gasteiger partial charge in [-0.2, -0.15) is 4.68 Å². The quantitative estimate of drug-likeness (QED) is 0.200. The minimum Gasteiger partial charge on any atom is -0.496 e. The van der Waals surface area contributed by atoms with Crippen LogP contribution in [-0.4, -0.2) is 71.9 Å². The fourth-order valence-corrected chi connectivity index (χ4v) is 4.14. The lowest BCUT2D eigenvalue weighted by Gasteiger charge is -2.26. The summed E-state index contributed by atoms with van der Waals surface area (Å²) in [6, 6.07) is 7.14. The first kappa shape index (κ1) is 33.1. The van der Waals surface area contributed by atoms with Crippen molar-refractivity contribution in [3.8, 4) is 5.75 Å². The van der Waals surface area contributed by atoms with Crippen LogP contribution in [0.5, 0.6) is 5.75 Å². The Kier molecular flexibility index (Phi) is 10.9. The van der Waals surface area contributed by atoms with E-state index in [2.05, 4.69) is 10.5 Å². The Bertz CT molecular complexity index is 1490. The molecular formula is C30H41N5O8. The van der Waals surface area contributed by atoms with E-state index in [0.29, 0.717) is 47.1 Å². The van der Waals surface area contributed by atoms with E-state index in [0.717, 1.165) is 4.57 Å². The van der Waals surface area contributed by atoms with Crippen LogP contribution in [0.4, 0.5) is 0 Å². The van der Waals surface area contributed by atoms with Gasteiger partial charge in [-0.3, -0.25) is 19.0 Å². The minimum absolute atomic E-state index is 0.0437. The molecule has 3 rings (SSSR count). The summed E-state index contributed by atoms with van der Waals surface area (Å²) in [6.45, 7) is 11.2. The highest BCUT2D eigenvalue weighted by Crippen LogP contribution is 2.30. The van der Waals surface area contributed by atoms with Gasteiger partial charge in [0.2, 0.25) is 0 Å². The molecule has 1 aliphatic rings. The number of benzene rings is 1. The summed E-state index contributed by atoms with van der Waals surface area (Å²) < 4.78 is 19.1. The normalized spacial score (nSPS) is 14.8. The van der Waals surface area contributed by atoms with Crippen molar-refractivity contribution in [1.29, 1.82) is 0 Å². The van der Waals surface area contributed by atoms with Gasteiger partial charge in [-0.1, -0.05) is 17.3 Å². The summed E-state index contributed by atoms with van der Waals surface area (Å²) in [7, 11) is 2.69. The molecule has 43 heavy (non-hydrogen) atoms. The van der Waals surface area contributed by atoms with Gasteiger partial charge in [0.05, 0.1) is 43.4 Å². The second-order valence-corrected chi connectivity index (χ2v) is 11.3. The van der Waals surface area contributed by atoms with E-state index in [4.69, 9.17) is 19.0 Å². The second-order valence-electron chi connectivity index (χ2n) is 11.3. The molecule has 0 spiro atoms. The zero-order chi connectivity index (χ0) is 31.9. The molecule has 1 N–H and O–H groups in total. The summed E-state index contributed by atoms with van der Waals surface area (Å²) in [6.07, 6.45) is 3.48. The number of hydrogen-bond donors (Lipinski definition) is 1. The zero-order valence-electron chi connectivity index (χ0n) is 26.0. The first-order chi connectivity index (χ1) is 20.2. The average Bonchev–Trinajstić information content (AvgIpc) is 2.96. The number of ether oxygens (including phenoxy) is 3. The van der Waals surface area contributed by atoms with Crippen molar-refractivity contribution >= 4 is 29.5 Å². The molecule has 1 fully saturated rings. The Morgan fingerprint density at radius 2 is 1.79 bits per heavy atom. The number of para-hydroxylation sites is 1. The molecule has 2 aromatic rings. The van der Waals surface area contributed by atoms with E-state index in [1.807, 2.05) is 0 Å². The van der Waals surface area contributed by atoms with Crippen LogP contribution in [0.1, 0.15) is 65.5 Å². The number of amides is 2. The third-order valence-corrected chi connectivity index (χ3v) is 6.25. The van der Waals surface area contributed by atoms with Gasteiger partial charge in [0.25, 0.3) is 5.56 Å². The number of nitrogens with zero attached hydrogens (tertiary/aromatic N) is 4. The predicted molar refractivity (Wildman–Crippen MR) is 163 cm³/mol. The highest BCUT2D eigenvalue weighted by Gasteiger charge is 2.28. The fourth-order valence-electron chi connectivity index (χ4n) is 4.14. The molecule has 2 amide bonds. The third kappa shape index (κ3) is 8.57. The molecule has 0 bridgehead atoms. The van der Waals surface area contributed by atoms with Crippen molar-refractivity contribution < 1.29 is 28.6 Å². The monoisotopic (exact) mass is 599 g/mol. The zero-order valence-corrected chi connectivity index (χ0v) is 26.0. The van der Waals surface area contributed by atoms with Gasteiger partial charge < -0.3 is 24.4 Å². The van der Waals surface area contributed by atoms with Crippen LogP contribution in [0.2, 0.25) is 0 Å². The number of rotatable bonds is 9. The van der Waals surface area contributed by atoms with Crippen LogP contribution >= 0.6 is 0 Å². The molecule has 0 saturated carbocycles. The second kappa shape index (κ2) is 14.2. The Hall–Kier alpha value is -4.39. The number of aromatic nitrogens is 2.